The first-order chi connectivity index (χ1) is 11.2. The monoisotopic (exact) mass is 314 g/mol. The lowest BCUT2D eigenvalue weighted by Crippen LogP contribution is -2.58. The Hall–Kier alpha value is -1.81. The minimum absolute atomic E-state index is 0.466. The van der Waals surface area contributed by atoms with E-state index in [0.29, 0.717) is 12.0 Å². The lowest BCUT2D eigenvalue weighted by Gasteiger charge is -2.40. The van der Waals surface area contributed by atoms with Gasteiger partial charge >= 0.3 is 0 Å². The zero-order chi connectivity index (χ0) is 16.7. The molecule has 1 aliphatic carbocycles. The first kappa shape index (κ1) is 17.5. The number of guanidine groups is 1. The maximum absolute atomic E-state index is 4.55. The molecule has 1 unspecified atom stereocenters. The van der Waals surface area contributed by atoms with Gasteiger partial charge in [-0.2, -0.15) is 0 Å². The predicted octanol–water partition coefficient (Wildman–Crippen LogP) is 2.84. The van der Waals surface area contributed by atoms with Crippen molar-refractivity contribution in [2.75, 3.05) is 26.7 Å². The quantitative estimate of drug-likeness (QED) is 0.621. The number of aliphatic imine (C=N–C) groups is 1. The fourth-order valence-electron chi connectivity index (χ4n) is 3.04. The molecule has 0 spiro atoms. The second-order valence-corrected chi connectivity index (χ2v) is 6.28. The van der Waals surface area contributed by atoms with Crippen LogP contribution in [0.15, 0.2) is 52.7 Å². The van der Waals surface area contributed by atoms with Crippen LogP contribution < -0.4 is 10.6 Å². The van der Waals surface area contributed by atoms with Crippen LogP contribution in [-0.4, -0.2) is 43.6 Å². The highest BCUT2D eigenvalue weighted by Gasteiger charge is 2.27. The Morgan fingerprint density at radius 3 is 2.70 bits per heavy atom. The number of hydrogen-bond acceptors (Lipinski definition) is 2. The molecule has 1 aliphatic heterocycles. The van der Waals surface area contributed by atoms with E-state index in [2.05, 4.69) is 77.8 Å². The van der Waals surface area contributed by atoms with Gasteiger partial charge in [0.1, 0.15) is 0 Å². The van der Waals surface area contributed by atoms with E-state index < -0.39 is 0 Å². The molecule has 1 saturated heterocycles. The maximum Gasteiger partial charge on any atom is 0.198 e. The summed E-state index contributed by atoms with van der Waals surface area (Å²) < 4.78 is 0. The molecular weight excluding hydrogens is 284 g/mol. The van der Waals surface area contributed by atoms with Crippen molar-refractivity contribution < 1.29 is 0 Å². The first-order valence-corrected chi connectivity index (χ1v) is 8.63. The van der Waals surface area contributed by atoms with Crippen LogP contribution in [0.25, 0.3) is 0 Å². The number of hydrogen-bond donors (Lipinski definition) is 2. The van der Waals surface area contributed by atoms with Crippen molar-refractivity contribution in [3.63, 3.8) is 0 Å². The molecule has 0 aromatic heterocycles. The fraction of sp³-hybridized carbons (Fsp3) is 0.526. The van der Waals surface area contributed by atoms with Crippen LogP contribution >= 0.6 is 0 Å². The first-order valence-electron chi connectivity index (χ1n) is 8.63. The van der Waals surface area contributed by atoms with Crippen LogP contribution in [0.4, 0.5) is 0 Å². The molecule has 0 bridgehead atoms. The van der Waals surface area contributed by atoms with Gasteiger partial charge in [0.05, 0.1) is 0 Å². The zero-order valence-corrected chi connectivity index (χ0v) is 14.8. The van der Waals surface area contributed by atoms with Gasteiger partial charge in [-0.3, -0.25) is 4.99 Å². The fourth-order valence-corrected chi connectivity index (χ4v) is 3.04. The SMILES string of the molecule is CCC1=C(NC(=NC)N2CCNCC2C(C)C)C=CC=CC=C1. The second kappa shape index (κ2) is 8.73. The van der Waals surface area contributed by atoms with Crippen LogP contribution in [0.3, 0.4) is 0 Å². The molecule has 0 aromatic rings. The third-order valence-electron chi connectivity index (χ3n) is 4.40. The molecule has 4 nitrogen and oxygen atoms in total. The Morgan fingerprint density at radius 2 is 2.04 bits per heavy atom. The highest BCUT2D eigenvalue weighted by Crippen LogP contribution is 2.16. The van der Waals surface area contributed by atoms with E-state index in [0.717, 1.165) is 37.7 Å². The Morgan fingerprint density at radius 1 is 1.30 bits per heavy atom. The highest BCUT2D eigenvalue weighted by molar-refractivity contribution is 5.83. The minimum Gasteiger partial charge on any atom is -0.337 e. The Labute approximate surface area is 140 Å². The van der Waals surface area contributed by atoms with E-state index in [1.807, 2.05) is 7.05 Å². The summed E-state index contributed by atoms with van der Waals surface area (Å²) in [6.45, 7) is 9.73. The molecule has 0 aromatic carbocycles. The van der Waals surface area contributed by atoms with Crippen LogP contribution in [0.1, 0.15) is 27.2 Å². The minimum atomic E-state index is 0.466. The summed E-state index contributed by atoms with van der Waals surface area (Å²) in [7, 11) is 1.87. The van der Waals surface area contributed by atoms with E-state index >= 15 is 0 Å². The van der Waals surface area contributed by atoms with Crippen LogP contribution in [0, 0.1) is 5.92 Å². The second-order valence-electron chi connectivity index (χ2n) is 6.28. The summed E-state index contributed by atoms with van der Waals surface area (Å²) in [5.74, 6) is 1.55. The van der Waals surface area contributed by atoms with Gasteiger partial charge in [0.2, 0.25) is 0 Å². The third kappa shape index (κ3) is 4.58. The third-order valence-corrected chi connectivity index (χ3v) is 4.40. The van der Waals surface area contributed by atoms with Gasteiger partial charge in [0.15, 0.2) is 5.96 Å². The van der Waals surface area contributed by atoms with Gasteiger partial charge < -0.3 is 15.5 Å². The zero-order valence-electron chi connectivity index (χ0n) is 14.8. The van der Waals surface area contributed by atoms with E-state index in [9.17, 15) is 0 Å². The van der Waals surface area contributed by atoms with Crippen LogP contribution in [0.2, 0.25) is 0 Å². The molecule has 23 heavy (non-hydrogen) atoms. The van der Waals surface area contributed by atoms with Crippen molar-refractivity contribution in [2.24, 2.45) is 10.9 Å². The standard InChI is InChI=1S/C19H30N4/c1-5-16-10-8-6-7-9-11-17(16)22-19(20-4)23-13-12-21-14-18(23)15(2)3/h6-11,15,18,21H,5,12-14H2,1-4H3,(H,20,22). The Kier molecular flexibility index (Phi) is 6.66. The van der Waals surface area contributed by atoms with Gasteiger partial charge in [0.25, 0.3) is 0 Å². The van der Waals surface area contributed by atoms with Crippen molar-refractivity contribution in [3.05, 3.63) is 47.7 Å². The van der Waals surface area contributed by atoms with E-state index in [-0.39, 0.29) is 0 Å². The normalized spacial score (nSPS) is 22.6. The topological polar surface area (TPSA) is 39.7 Å². The summed E-state index contributed by atoms with van der Waals surface area (Å²) in [4.78, 5) is 6.97. The van der Waals surface area contributed by atoms with Gasteiger partial charge in [-0.05, 0) is 24.0 Å². The largest absolute Gasteiger partial charge is 0.337 e. The average molecular weight is 314 g/mol. The molecule has 1 atom stereocenters. The van der Waals surface area contributed by atoms with Crippen molar-refractivity contribution in [3.8, 4) is 0 Å². The van der Waals surface area contributed by atoms with E-state index in [1.54, 1.807) is 0 Å². The molecule has 126 valence electrons. The molecule has 0 radical (unpaired) electrons. The smallest absolute Gasteiger partial charge is 0.198 e. The summed E-state index contributed by atoms with van der Waals surface area (Å²) in [6.07, 6.45) is 13.6. The number of allylic oxidation sites excluding steroid dienone is 7. The number of rotatable bonds is 3. The van der Waals surface area contributed by atoms with Gasteiger partial charge in [-0.25, -0.2) is 0 Å². The summed E-state index contributed by atoms with van der Waals surface area (Å²) >= 11 is 0. The summed E-state index contributed by atoms with van der Waals surface area (Å²) in [5.41, 5.74) is 2.43. The molecule has 1 fully saturated rings. The van der Waals surface area contributed by atoms with Gasteiger partial charge in [-0.1, -0.05) is 51.2 Å². The number of nitrogens with zero attached hydrogens (tertiary/aromatic N) is 2. The van der Waals surface area contributed by atoms with E-state index in [4.69, 9.17) is 0 Å². The van der Waals surface area contributed by atoms with E-state index in [1.165, 1.54) is 5.57 Å². The Balaban J connectivity index is 2.23. The average Bonchev–Trinajstić information content (AvgIpc) is 2.54. The lowest BCUT2D eigenvalue weighted by molar-refractivity contribution is 0.201. The van der Waals surface area contributed by atoms with Gasteiger partial charge in [-0.15, -0.1) is 0 Å². The predicted molar refractivity (Wildman–Crippen MR) is 99.4 cm³/mol. The van der Waals surface area contributed by atoms with Gasteiger partial charge in [0, 0.05) is 38.4 Å². The van der Waals surface area contributed by atoms with Crippen molar-refractivity contribution in [1.82, 2.24) is 15.5 Å². The molecular formula is C19H30N4. The molecule has 0 saturated carbocycles. The number of piperazine rings is 1. The Bertz CT molecular complexity index is 538. The molecule has 2 aliphatic rings. The molecule has 2 rings (SSSR count). The summed E-state index contributed by atoms with van der Waals surface area (Å²) in [5, 5.41) is 7.08. The lowest BCUT2D eigenvalue weighted by atomic mass is 10.0. The van der Waals surface area contributed by atoms with Crippen molar-refractivity contribution in [2.45, 2.75) is 33.2 Å². The molecule has 2 N–H and O–H groups in total. The van der Waals surface area contributed by atoms with Crippen molar-refractivity contribution in [1.29, 1.82) is 0 Å². The molecule has 0 amide bonds. The highest BCUT2D eigenvalue weighted by atomic mass is 15.3. The maximum atomic E-state index is 4.55. The molecule has 4 heteroatoms. The summed E-state index contributed by atoms with van der Waals surface area (Å²) in [6, 6.07) is 0.466. The number of nitrogens with one attached hydrogen (secondary N) is 2. The van der Waals surface area contributed by atoms with Crippen molar-refractivity contribution >= 4 is 5.96 Å². The van der Waals surface area contributed by atoms with Crippen LogP contribution in [0.5, 0.6) is 0 Å². The van der Waals surface area contributed by atoms with Crippen LogP contribution in [-0.2, 0) is 0 Å². The molecule has 1 heterocycles.